The van der Waals surface area contributed by atoms with Crippen LogP contribution in [0.1, 0.15) is 5.56 Å². The van der Waals surface area contributed by atoms with Gasteiger partial charge in [-0.1, -0.05) is 48.5 Å². The Balaban J connectivity index is 1.67. The number of nitrogens with zero attached hydrogens (tertiary/aromatic N) is 1. The molecule has 0 saturated carbocycles. The number of rotatable bonds is 6. The fraction of sp³-hybridized carbons (Fsp3) is 0.235. The summed E-state index contributed by atoms with van der Waals surface area (Å²) in [5, 5.41) is 2.83. The highest BCUT2D eigenvalue weighted by molar-refractivity contribution is 5.73. The lowest BCUT2D eigenvalue weighted by Crippen LogP contribution is -2.38. The van der Waals surface area contributed by atoms with Crippen LogP contribution in [0.15, 0.2) is 60.7 Å². The van der Waals surface area contributed by atoms with E-state index in [0.29, 0.717) is 19.7 Å². The third-order valence-corrected chi connectivity index (χ3v) is 3.00. The number of nitrogens with one attached hydrogen (secondary N) is 1. The highest BCUT2D eigenvalue weighted by atomic mass is 16.5. The molecule has 1 N–H and O–H groups in total. The zero-order chi connectivity index (χ0) is 14.9. The van der Waals surface area contributed by atoms with Crippen LogP contribution in [0.3, 0.4) is 0 Å². The smallest absolute Gasteiger partial charge is 0.317 e. The van der Waals surface area contributed by atoms with E-state index < -0.39 is 0 Å². The van der Waals surface area contributed by atoms with Crippen molar-refractivity contribution in [3.8, 4) is 5.75 Å². The molecule has 2 rings (SSSR count). The maximum Gasteiger partial charge on any atom is 0.317 e. The van der Waals surface area contributed by atoms with Crippen molar-refractivity contribution in [1.82, 2.24) is 10.2 Å². The third-order valence-electron chi connectivity index (χ3n) is 3.00. The summed E-state index contributed by atoms with van der Waals surface area (Å²) in [5.41, 5.74) is 1.11. The van der Waals surface area contributed by atoms with Crippen molar-refractivity contribution in [3.05, 3.63) is 66.2 Å². The van der Waals surface area contributed by atoms with E-state index in [-0.39, 0.29) is 6.03 Å². The molecular formula is C17H20N2O2. The topological polar surface area (TPSA) is 41.6 Å². The quantitative estimate of drug-likeness (QED) is 0.829. The molecule has 0 atom stereocenters. The maximum absolute atomic E-state index is 11.9. The molecule has 0 aliphatic rings. The summed E-state index contributed by atoms with van der Waals surface area (Å²) in [6.45, 7) is 1.52. The standard InChI is InChI=1S/C17H20N2O2/c1-19(14-15-8-4-2-5-9-15)17(20)18-12-13-21-16-10-6-3-7-11-16/h2-11H,12-14H2,1H3,(H,18,20). The Hall–Kier alpha value is -2.49. The number of carbonyl (C=O) groups is 1. The number of para-hydroxylation sites is 1. The van der Waals surface area contributed by atoms with Gasteiger partial charge in [-0.3, -0.25) is 0 Å². The van der Waals surface area contributed by atoms with Crippen LogP contribution < -0.4 is 10.1 Å². The summed E-state index contributed by atoms with van der Waals surface area (Å²) < 4.78 is 5.52. The Labute approximate surface area is 125 Å². The summed E-state index contributed by atoms with van der Waals surface area (Å²) in [6.07, 6.45) is 0. The molecule has 0 saturated heterocycles. The molecule has 0 bridgehead atoms. The van der Waals surface area contributed by atoms with Gasteiger partial charge in [-0.15, -0.1) is 0 Å². The first-order valence-electron chi connectivity index (χ1n) is 6.96. The largest absolute Gasteiger partial charge is 0.492 e. The van der Waals surface area contributed by atoms with Gasteiger partial charge in [-0.05, 0) is 17.7 Å². The fourth-order valence-electron chi connectivity index (χ4n) is 1.91. The SMILES string of the molecule is CN(Cc1ccccc1)C(=O)NCCOc1ccccc1. The molecule has 2 aromatic carbocycles. The Morgan fingerprint density at radius 1 is 1.05 bits per heavy atom. The van der Waals surface area contributed by atoms with Gasteiger partial charge in [0, 0.05) is 13.6 Å². The van der Waals surface area contributed by atoms with Crippen LogP contribution in [-0.4, -0.2) is 31.1 Å². The van der Waals surface area contributed by atoms with Crippen molar-refractivity contribution in [1.29, 1.82) is 0 Å². The van der Waals surface area contributed by atoms with Crippen LogP contribution in [-0.2, 0) is 6.54 Å². The van der Waals surface area contributed by atoms with Crippen molar-refractivity contribution in [2.24, 2.45) is 0 Å². The molecule has 2 amide bonds. The monoisotopic (exact) mass is 284 g/mol. The van der Waals surface area contributed by atoms with Gasteiger partial charge in [-0.2, -0.15) is 0 Å². The van der Waals surface area contributed by atoms with E-state index in [1.165, 1.54) is 0 Å². The average Bonchev–Trinajstić information content (AvgIpc) is 2.53. The van der Waals surface area contributed by atoms with Crippen molar-refractivity contribution >= 4 is 6.03 Å². The summed E-state index contributed by atoms with van der Waals surface area (Å²) >= 11 is 0. The zero-order valence-electron chi connectivity index (χ0n) is 12.2. The number of hydrogen-bond donors (Lipinski definition) is 1. The van der Waals surface area contributed by atoms with Gasteiger partial charge in [0.05, 0.1) is 6.54 Å². The first kappa shape index (κ1) is 14.9. The van der Waals surface area contributed by atoms with Crippen LogP contribution >= 0.6 is 0 Å². The highest BCUT2D eigenvalue weighted by Crippen LogP contribution is 2.07. The van der Waals surface area contributed by atoms with Crippen LogP contribution in [0.2, 0.25) is 0 Å². The Bertz CT molecular complexity index is 543. The van der Waals surface area contributed by atoms with Crippen LogP contribution in [0, 0.1) is 0 Å². The summed E-state index contributed by atoms with van der Waals surface area (Å²) in [7, 11) is 1.78. The molecule has 0 spiro atoms. The van der Waals surface area contributed by atoms with Crippen LogP contribution in [0.5, 0.6) is 5.75 Å². The first-order chi connectivity index (χ1) is 10.3. The molecule has 0 aliphatic heterocycles. The lowest BCUT2D eigenvalue weighted by molar-refractivity contribution is 0.203. The lowest BCUT2D eigenvalue weighted by atomic mass is 10.2. The predicted octanol–water partition coefficient (Wildman–Crippen LogP) is 2.91. The second-order valence-corrected chi connectivity index (χ2v) is 4.74. The van der Waals surface area contributed by atoms with Crippen molar-refractivity contribution < 1.29 is 9.53 Å². The van der Waals surface area contributed by atoms with E-state index in [1.54, 1.807) is 11.9 Å². The second kappa shape index (κ2) is 7.94. The summed E-state index contributed by atoms with van der Waals surface area (Å²) in [5.74, 6) is 0.810. The van der Waals surface area contributed by atoms with E-state index in [4.69, 9.17) is 4.74 Å². The molecule has 2 aromatic rings. The van der Waals surface area contributed by atoms with E-state index in [9.17, 15) is 4.79 Å². The first-order valence-corrected chi connectivity index (χ1v) is 6.96. The molecule has 0 unspecified atom stereocenters. The Morgan fingerprint density at radius 3 is 2.33 bits per heavy atom. The minimum atomic E-state index is -0.101. The van der Waals surface area contributed by atoms with Crippen molar-refractivity contribution in [2.45, 2.75) is 6.54 Å². The number of ether oxygens (including phenoxy) is 1. The van der Waals surface area contributed by atoms with Gasteiger partial charge in [-0.25, -0.2) is 4.79 Å². The highest BCUT2D eigenvalue weighted by Gasteiger charge is 2.07. The minimum Gasteiger partial charge on any atom is -0.492 e. The molecule has 4 heteroatoms. The van der Waals surface area contributed by atoms with Gasteiger partial charge in [0.2, 0.25) is 0 Å². The van der Waals surface area contributed by atoms with E-state index >= 15 is 0 Å². The zero-order valence-corrected chi connectivity index (χ0v) is 12.2. The van der Waals surface area contributed by atoms with Gasteiger partial charge < -0.3 is 15.0 Å². The molecule has 0 fully saturated rings. The van der Waals surface area contributed by atoms with Gasteiger partial charge in [0.25, 0.3) is 0 Å². The van der Waals surface area contributed by atoms with Crippen molar-refractivity contribution in [2.75, 3.05) is 20.2 Å². The Kier molecular flexibility index (Phi) is 5.64. The molecular weight excluding hydrogens is 264 g/mol. The molecule has 0 heterocycles. The molecule has 110 valence electrons. The van der Waals surface area contributed by atoms with Crippen molar-refractivity contribution in [3.63, 3.8) is 0 Å². The maximum atomic E-state index is 11.9. The van der Waals surface area contributed by atoms with Crippen LogP contribution in [0.4, 0.5) is 4.79 Å². The number of benzene rings is 2. The summed E-state index contributed by atoms with van der Waals surface area (Å²) in [6, 6.07) is 19.4. The number of carbonyl (C=O) groups excluding carboxylic acids is 1. The number of amides is 2. The molecule has 0 aromatic heterocycles. The third kappa shape index (κ3) is 5.18. The van der Waals surface area contributed by atoms with Gasteiger partial charge >= 0.3 is 6.03 Å². The Morgan fingerprint density at radius 2 is 1.67 bits per heavy atom. The van der Waals surface area contributed by atoms with E-state index in [2.05, 4.69) is 5.32 Å². The molecule has 0 radical (unpaired) electrons. The fourth-order valence-corrected chi connectivity index (χ4v) is 1.91. The average molecular weight is 284 g/mol. The lowest BCUT2D eigenvalue weighted by Gasteiger charge is -2.18. The minimum absolute atomic E-state index is 0.101. The molecule has 21 heavy (non-hydrogen) atoms. The van der Waals surface area contributed by atoms with E-state index in [1.807, 2.05) is 60.7 Å². The number of urea groups is 1. The van der Waals surface area contributed by atoms with Gasteiger partial charge in [0.1, 0.15) is 12.4 Å². The molecule has 0 aliphatic carbocycles. The normalized spacial score (nSPS) is 9.95. The second-order valence-electron chi connectivity index (χ2n) is 4.74. The van der Waals surface area contributed by atoms with E-state index in [0.717, 1.165) is 11.3 Å². The molecule has 4 nitrogen and oxygen atoms in total. The number of hydrogen-bond acceptors (Lipinski definition) is 2. The summed E-state index contributed by atoms with van der Waals surface area (Å²) in [4.78, 5) is 13.6. The predicted molar refractivity (Wildman–Crippen MR) is 83.2 cm³/mol. The van der Waals surface area contributed by atoms with Gasteiger partial charge in [0.15, 0.2) is 0 Å². The van der Waals surface area contributed by atoms with Crippen LogP contribution in [0.25, 0.3) is 0 Å².